The molecule has 1 aliphatic rings. The molecule has 0 bridgehead atoms. The molecule has 0 spiro atoms. The first-order chi connectivity index (χ1) is 18.4. The summed E-state index contributed by atoms with van der Waals surface area (Å²) in [5.74, 6) is 0.123. The number of nitrogens with one attached hydrogen (secondary N) is 1. The van der Waals surface area contributed by atoms with Crippen molar-refractivity contribution in [2.45, 2.75) is 20.0 Å². The summed E-state index contributed by atoms with van der Waals surface area (Å²) in [7, 11) is 1.55. The molecule has 3 aromatic rings. The quantitative estimate of drug-likeness (QED) is 0.257. The summed E-state index contributed by atoms with van der Waals surface area (Å²) >= 11 is 0.798. The van der Waals surface area contributed by atoms with E-state index in [-0.39, 0.29) is 11.4 Å². The maximum Gasteiger partial charge on any atom is 0.294 e. The highest BCUT2D eigenvalue weighted by Gasteiger charge is 2.36. The number of nitrogens with zero attached hydrogens (tertiary/aromatic N) is 1. The summed E-state index contributed by atoms with van der Waals surface area (Å²) in [5, 5.41) is 2.22. The van der Waals surface area contributed by atoms with Crippen LogP contribution in [0.3, 0.4) is 0 Å². The van der Waals surface area contributed by atoms with Gasteiger partial charge in [0.15, 0.2) is 11.5 Å². The molecule has 1 fully saturated rings. The van der Waals surface area contributed by atoms with Crippen LogP contribution in [0.25, 0.3) is 6.08 Å². The Hall–Kier alpha value is -4.30. The van der Waals surface area contributed by atoms with E-state index < -0.39 is 17.1 Å². The number of hydrogen-bond acceptors (Lipinski definition) is 6. The van der Waals surface area contributed by atoms with Gasteiger partial charge in [-0.25, -0.2) is 0 Å². The van der Waals surface area contributed by atoms with Crippen molar-refractivity contribution in [2.75, 3.05) is 19.0 Å². The van der Waals surface area contributed by atoms with Crippen LogP contribution < -0.4 is 14.8 Å². The van der Waals surface area contributed by atoms with E-state index in [0.29, 0.717) is 35.8 Å². The van der Waals surface area contributed by atoms with E-state index in [4.69, 9.17) is 9.47 Å². The zero-order valence-corrected chi connectivity index (χ0v) is 22.0. The molecule has 4 rings (SSSR count). The van der Waals surface area contributed by atoms with Crippen LogP contribution in [0.15, 0.2) is 84.3 Å². The lowest BCUT2D eigenvalue weighted by molar-refractivity contribution is -0.127. The second-order valence-corrected chi connectivity index (χ2v) is 9.65. The molecule has 1 N–H and O–H groups in total. The smallest absolute Gasteiger partial charge is 0.294 e. The molecule has 1 aliphatic heterocycles. The van der Waals surface area contributed by atoms with Crippen molar-refractivity contribution in [2.24, 2.45) is 0 Å². The highest BCUT2D eigenvalue weighted by atomic mass is 32.2. The third-order valence-electron chi connectivity index (χ3n) is 5.77. The lowest BCUT2D eigenvalue weighted by atomic mass is 10.0. The zero-order chi connectivity index (χ0) is 27.1. The molecule has 3 amide bonds. The number of anilines is 1. The van der Waals surface area contributed by atoms with E-state index >= 15 is 0 Å². The van der Waals surface area contributed by atoms with Gasteiger partial charge in [0, 0.05) is 11.3 Å². The molecule has 0 radical (unpaired) electrons. The molecular weight excluding hydrogens is 500 g/mol. The van der Waals surface area contributed by atoms with Gasteiger partial charge < -0.3 is 14.8 Å². The number of hydrogen-bond donors (Lipinski definition) is 1. The Balaban J connectivity index is 1.52. The predicted octanol–water partition coefficient (Wildman–Crippen LogP) is 5.99. The van der Waals surface area contributed by atoms with Crippen LogP contribution in [0.4, 0.5) is 10.5 Å². The van der Waals surface area contributed by atoms with Crippen molar-refractivity contribution in [3.8, 4) is 11.5 Å². The average molecular weight is 529 g/mol. The predicted molar refractivity (Wildman–Crippen MR) is 150 cm³/mol. The van der Waals surface area contributed by atoms with Gasteiger partial charge in [0.25, 0.3) is 11.1 Å². The lowest BCUT2D eigenvalue weighted by Gasteiger charge is -2.16. The fraction of sp³-hybridized carbons (Fsp3) is 0.167. The van der Waals surface area contributed by atoms with Gasteiger partial charge in [-0.1, -0.05) is 54.1 Å². The van der Waals surface area contributed by atoms with Crippen LogP contribution in [0.2, 0.25) is 0 Å². The molecule has 0 unspecified atom stereocenters. The number of methoxy groups -OCH3 is 1. The third kappa shape index (κ3) is 6.52. The van der Waals surface area contributed by atoms with Crippen LogP contribution in [0.5, 0.6) is 11.5 Å². The fourth-order valence-corrected chi connectivity index (χ4v) is 4.73. The van der Waals surface area contributed by atoms with E-state index in [0.717, 1.165) is 33.4 Å². The number of imide groups is 1. The second kappa shape index (κ2) is 12.3. The highest BCUT2D eigenvalue weighted by Crippen LogP contribution is 2.37. The van der Waals surface area contributed by atoms with Gasteiger partial charge in [0.1, 0.15) is 13.2 Å². The largest absolute Gasteiger partial charge is 0.493 e. The first kappa shape index (κ1) is 26.8. The Kier molecular flexibility index (Phi) is 8.66. The van der Waals surface area contributed by atoms with Crippen LogP contribution in [-0.4, -0.2) is 35.6 Å². The fourth-order valence-electron chi connectivity index (χ4n) is 3.89. The van der Waals surface area contributed by atoms with E-state index in [1.54, 1.807) is 37.5 Å². The van der Waals surface area contributed by atoms with Crippen molar-refractivity contribution >= 4 is 40.6 Å². The summed E-state index contributed by atoms with van der Waals surface area (Å²) in [6, 6.07) is 20.7. The minimum atomic E-state index is -0.521. The molecule has 194 valence electrons. The number of carbonyl (C=O) groups is 3. The summed E-state index contributed by atoms with van der Waals surface area (Å²) < 4.78 is 11.7. The first-order valence-electron chi connectivity index (χ1n) is 12.0. The summed E-state index contributed by atoms with van der Waals surface area (Å²) in [6.45, 7) is 5.78. The maximum atomic E-state index is 13.0. The number of allylic oxidation sites excluding steroid dienone is 1. The van der Waals surface area contributed by atoms with Gasteiger partial charge in [0.05, 0.1) is 12.0 Å². The number of carbonyl (C=O) groups excluding carboxylic acids is 3. The number of rotatable bonds is 10. The van der Waals surface area contributed by atoms with Crippen LogP contribution in [-0.2, 0) is 22.6 Å². The zero-order valence-electron chi connectivity index (χ0n) is 21.2. The molecular formula is C30H28N2O5S. The Morgan fingerprint density at radius 1 is 1.08 bits per heavy atom. The highest BCUT2D eigenvalue weighted by molar-refractivity contribution is 8.18. The standard InChI is InChI=1S/C30H28N2O5S/c1-4-8-23-15-22(16-25(36-3)28(23)37-19-21-9-6-5-7-10-21)17-26-29(34)32(30(35)38-26)18-27(33)31-24-13-11-20(2)12-14-24/h4-7,9-17H,1,8,18-19H2,2-3H3,(H,31,33)/b26-17-. The summed E-state index contributed by atoms with van der Waals surface area (Å²) in [6.07, 6.45) is 3.90. The molecule has 8 heteroatoms. The minimum Gasteiger partial charge on any atom is -0.493 e. The molecule has 0 aliphatic carbocycles. The normalized spacial score (nSPS) is 14.1. The van der Waals surface area contributed by atoms with Gasteiger partial charge in [0.2, 0.25) is 5.91 Å². The molecule has 7 nitrogen and oxygen atoms in total. The van der Waals surface area contributed by atoms with Gasteiger partial charge in [-0.05, 0) is 66.6 Å². The number of amides is 3. The van der Waals surface area contributed by atoms with Gasteiger partial charge in [-0.2, -0.15) is 0 Å². The van der Waals surface area contributed by atoms with E-state index in [1.807, 2.05) is 55.5 Å². The van der Waals surface area contributed by atoms with Crippen molar-refractivity contribution in [3.05, 3.63) is 107 Å². The van der Waals surface area contributed by atoms with E-state index in [1.165, 1.54) is 0 Å². The number of aryl methyl sites for hydroxylation is 1. The van der Waals surface area contributed by atoms with Crippen molar-refractivity contribution in [1.29, 1.82) is 0 Å². The van der Waals surface area contributed by atoms with Gasteiger partial charge in [-0.15, -0.1) is 6.58 Å². The number of ether oxygens (including phenoxy) is 2. The molecule has 0 saturated carbocycles. The Bertz CT molecular complexity index is 1380. The molecule has 1 heterocycles. The van der Waals surface area contributed by atoms with Crippen LogP contribution >= 0.6 is 11.8 Å². The first-order valence-corrected chi connectivity index (χ1v) is 12.8. The third-order valence-corrected chi connectivity index (χ3v) is 6.68. The summed E-state index contributed by atoms with van der Waals surface area (Å²) in [4.78, 5) is 39.2. The molecule has 3 aromatic carbocycles. The minimum absolute atomic E-state index is 0.225. The topological polar surface area (TPSA) is 84.9 Å². The Morgan fingerprint density at radius 3 is 2.50 bits per heavy atom. The van der Waals surface area contributed by atoms with Crippen molar-refractivity contribution in [1.82, 2.24) is 4.90 Å². The molecule has 1 saturated heterocycles. The van der Waals surface area contributed by atoms with Crippen molar-refractivity contribution < 1.29 is 23.9 Å². The monoisotopic (exact) mass is 528 g/mol. The van der Waals surface area contributed by atoms with Crippen LogP contribution in [0, 0.1) is 6.92 Å². The number of benzene rings is 3. The SMILES string of the molecule is C=CCc1cc(/C=C2\SC(=O)N(CC(=O)Nc3ccc(C)cc3)C2=O)cc(OC)c1OCc1ccccc1. The maximum absolute atomic E-state index is 13.0. The summed E-state index contributed by atoms with van der Waals surface area (Å²) in [5.41, 5.74) is 4.17. The van der Waals surface area contributed by atoms with Crippen molar-refractivity contribution in [3.63, 3.8) is 0 Å². The van der Waals surface area contributed by atoms with Gasteiger partial charge >= 0.3 is 0 Å². The lowest BCUT2D eigenvalue weighted by Crippen LogP contribution is -2.36. The second-order valence-electron chi connectivity index (χ2n) is 8.66. The average Bonchev–Trinajstić information content (AvgIpc) is 3.17. The van der Waals surface area contributed by atoms with E-state index in [2.05, 4.69) is 11.9 Å². The molecule has 0 atom stereocenters. The molecule has 38 heavy (non-hydrogen) atoms. The Morgan fingerprint density at radius 2 is 1.82 bits per heavy atom. The van der Waals surface area contributed by atoms with Gasteiger partial charge in [-0.3, -0.25) is 19.3 Å². The van der Waals surface area contributed by atoms with Crippen LogP contribution in [0.1, 0.15) is 22.3 Å². The molecule has 0 aromatic heterocycles. The number of thioether (sulfide) groups is 1. The Labute approximate surface area is 226 Å². The van der Waals surface area contributed by atoms with E-state index in [9.17, 15) is 14.4 Å².